The summed E-state index contributed by atoms with van der Waals surface area (Å²) in [6.07, 6.45) is 20.8. The first-order valence-corrected chi connectivity index (χ1v) is 17.5. The summed E-state index contributed by atoms with van der Waals surface area (Å²) in [5, 5.41) is 53.5. The Bertz CT molecular complexity index is 746. The Morgan fingerprint density at radius 3 is 1.98 bits per heavy atom. The number of carbonyl (C=O) groups is 1. The Morgan fingerprint density at radius 2 is 1.34 bits per heavy atom. The topological polar surface area (TPSA) is 149 Å². The highest BCUT2D eigenvalue weighted by Gasteiger charge is 2.44. The molecule has 1 rings (SSSR count). The van der Waals surface area contributed by atoms with Crippen LogP contribution in [0.1, 0.15) is 136 Å². The molecule has 0 radical (unpaired) electrons. The van der Waals surface area contributed by atoms with Gasteiger partial charge in [0.1, 0.15) is 24.4 Å². The van der Waals surface area contributed by atoms with Crippen LogP contribution >= 0.6 is 0 Å². The van der Waals surface area contributed by atoms with Crippen molar-refractivity contribution in [2.45, 2.75) is 179 Å². The maximum atomic E-state index is 12.8. The number of aliphatic hydroxyl groups excluding tert-OH is 5. The van der Waals surface area contributed by atoms with Gasteiger partial charge in [0.2, 0.25) is 5.91 Å². The maximum Gasteiger partial charge on any atom is 0.220 e. The monoisotopic (exact) mass is 627 g/mol. The number of aliphatic hydroxyl groups is 5. The van der Waals surface area contributed by atoms with Crippen LogP contribution in [0.3, 0.4) is 0 Å². The lowest BCUT2D eigenvalue weighted by Crippen LogP contribution is -2.60. The summed E-state index contributed by atoms with van der Waals surface area (Å²) in [6, 6.07) is -0.719. The van der Waals surface area contributed by atoms with Gasteiger partial charge >= 0.3 is 0 Å². The van der Waals surface area contributed by atoms with E-state index < -0.39 is 49.5 Å². The summed E-state index contributed by atoms with van der Waals surface area (Å²) in [6.45, 7) is 3.68. The third-order valence-electron chi connectivity index (χ3n) is 8.31. The molecule has 0 aliphatic carbocycles. The zero-order valence-corrected chi connectivity index (χ0v) is 27.7. The van der Waals surface area contributed by atoms with Crippen LogP contribution in [-0.4, -0.2) is 87.5 Å². The van der Waals surface area contributed by atoms with Gasteiger partial charge in [-0.1, -0.05) is 109 Å². The molecule has 0 aromatic heterocycles. The standard InChI is InChI=1S/C35H65NO8/c1-3-5-7-9-10-11-12-13-14-15-16-17-18-19-21-23-25-31(39)36-28(29(38)24-22-20-8-6-4-2)27-43-35-34(42)33(41)32(40)30(26-37)44-35/h11-12,14-15,28-30,32-35,37-38,40-42H,3-10,13,16-27H2,1-2H3,(H,36,39)/b12-11-,15-14-. The van der Waals surface area contributed by atoms with E-state index in [-0.39, 0.29) is 12.5 Å². The Kier molecular flexibility index (Phi) is 24.8. The van der Waals surface area contributed by atoms with Gasteiger partial charge < -0.3 is 40.3 Å². The summed E-state index contributed by atoms with van der Waals surface area (Å²) in [4.78, 5) is 12.8. The molecule has 0 spiro atoms. The molecule has 9 heteroatoms. The quantitative estimate of drug-likeness (QED) is 0.0537. The molecule has 1 fully saturated rings. The van der Waals surface area contributed by atoms with Gasteiger partial charge in [-0.15, -0.1) is 0 Å². The first-order chi connectivity index (χ1) is 21.3. The molecule has 7 atom stereocenters. The largest absolute Gasteiger partial charge is 0.394 e. The van der Waals surface area contributed by atoms with E-state index in [9.17, 15) is 30.3 Å². The minimum absolute atomic E-state index is 0.146. The van der Waals surface area contributed by atoms with Crippen molar-refractivity contribution in [1.29, 1.82) is 0 Å². The van der Waals surface area contributed by atoms with Crippen LogP contribution in [0.5, 0.6) is 0 Å². The predicted octanol–water partition coefficient (Wildman–Crippen LogP) is 5.21. The number of hydrogen-bond donors (Lipinski definition) is 6. The second-order valence-corrected chi connectivity index (χ2v) is 12.3. The van der Waals surface area contributed by atoms with Gasteiger partial charge in [-0.25, -0.2) is 0 Å². The number of amides is 1. The van der Waals surface area contributed by atoms with Gasteiger partial charge in [0, 0.05) is 6.42 Å². The van der Waals surface area contributed by atoms with Crippen LogP contribution in [0.2, 0.25) is 0 Å². The van der Waals surface area contributed by atoms with E-state index >= 15 is 0 Å². The zero-order valence-electron chi connectivity index (χ0n) is 27.7. The average molecular weight is 628 g/mol. The molecule has 44 heavy (non-hydrogen) atoms. The van der Waals surface area contributed by atoms with E-state index in [2.05, 4.69) is 43.5 Å². The Balaban J connectivity index is 2.37. The SMILES string of the molecule is CCCCCC/C=C\C/C=C\CCCCCCCC(=O)NC(COC1OC(CO)C(O)C(O)C1O)C(O)CCCCCCC. The molecule has 6 N–H and O–H groups in total. The molecule has 258 valence electrons. The summed E-state index contributed by atoms with van der Waals surface area (Å²) in [5.74, 6) is -0.168. The first kappa shape index (κ1) is 40.7. The fraction of sp³-hybridized carbons (Fsp3) is 0.857. The van der Waals surface area contributed by atoms with Crippen molar-refractivity contribution in [3.63, 3.8) is 0 Å². The summed E-state index contributed by atoms with van der Waals surface area (Å²) in [7, 11) is 0. The van der Waals surface area contributed by atoms with Crippen molar-refractivity contribution in [3.05, 3.63) is 24.3 Å². The second-order valence-electron chi connectivity index (χ2n) is 12.3. The van der Waals surface area contributed by atoms with Gasteiger partial charge in [-0.2, -0.15) is 0 Å². The zero-order chi connectivity index (χ0) is 32.4. The van der Waals surface area contributed by atoms with Crippen molar-refractivity contribution >= 4 is 5.91 Å². The lowest BCUT2D eigenvalue weighted by atomic mass is 9.99. The minimum atomic E-state index is -1.55. The highest BCUT2D eigenvalue weighted by molar-refractivity contribution is 5.76. The van der Waals surface area contributed by atoms with Gasteiger partial charge in [-0.3, -0.25) is 4.79 Å². The molecule has 1 heterocycles. The number of carbonyl (C=O) groups excluding carboxylic acids is 1. The highest BCUT2D eigenvalue weighted by atomic mass is 16.7. The summed E-state index contributed by atoms with van der Waals surface area (Å²) in [5.41, 5.74) is 0. The van der Waals surface area contributed by atoms with Crippen molar-refractivity contribution in [2.75, 3.05) is 13.2 Å². The maximum absolute atomic E-state index is 12.8. The molecule has 7 unspecified atom stereocenters. The third-order valence-corrected chi connectivity index (χ3v) is 8.31. The number of allylic oxidation sites excluding steroid dienone is 4. The summed E-state index contributed by atoms with van der Waals surface area (Å²) >= 11 is 0. The van der Waals surface area contributed by atoms with Crippen molar-refractivity contribution in [1.82, 2.24) is 5.32 Å². The van der Waals surface area contributed by atoms with Crippen LogP contribution < -0.4 is 5.32 Å². The van der Waals surface area contributed by atoms with E-state index in [4.69, 9.17) is 9.47 Å². The lowest BCUT2D eigenvalue weighted by Gasteiger charge is -2.40. The van der Waals surface area contributed by atoms with Gasteiger partial charge in [-0.05, 0) is 44.9 Å². The Labute approximate surface area is 267 Å². The molecule has 0 saturated carbocycles. The van der Waals surface area contributed by atoms with Crippen molar-refractivity contribution in [2.24, 2.45) is 0 Å². The Hall–Kier alpha value is -1.33. The summed E-state index contributed by atoms with van der Waals surface area (Å²) < 4.78 is 11.1. The van der Waals surface area contributed by atoms with Crippen molar-refractivity contribution in [3.8, 4) is 0 Å². The van der Waals surface area contributed by atoms with Crippen molar-refractivity contribution < 1.29 is 39.8 Å². The van der Waals surface area contributed by atoms with Crippen LogP contribution in [0.15, 0.2) is 24.3 Å². The van der Waals surface area contributed by atoms with E-state index in [1.807, 2.05) is 0 Å². The molecular weight excluding hydrogens is 562 g/mol. The fourth-order valence-corrected chi connectivity index (χ4v) is 5.36. The number of ether oxygens (including phenoxy) is 2. The number of rotatable bonds is 27. The number of nitrogens with one attached hydrogen (secondary N) is 1. The van der Waals surface area contributed by atoms with E-state index in [0.717, 1.165) is 77.0 Å². The van der Waals surface area contributed by atoms with Gasteiger partial charge in [0.25, 0.3) is 0 Å². The molecule has 1 aliphatic rings. The third kappa shape index (κ3) is 18.6. The van der Waals surface area contributed by atoms with E-state index in [1.54, 1.807) is 0 Å². The highest BCUT2D eigenvalue weighted by Crippen LogP contribution is 2.22. The molecule has 1 amide bonds. The van der Waals surface area contributed by atoms with E-state index in [1.165, 1.54) is 32.1 Å². The molecule has 9 nitrogen and oxygen atoms in total. The molecule has 0 bridgehead atoms. The first-order valence-electron chi connectivity index (χ1n) is 17.5. The van der Waals surface area contributed by atoms with Crippen LogP contribution in [0.4, 0.5) is 0 Å². The molecule has 0 aromatic rings. The normalized spacial score (nSPS) is 23.8. The smallest absolute Gasteiger partial charge is 0.220 e. The Morgan fingerprint density at radius 1 is 0.773 bits per heavy atom. The molecular formula is C35H65NO8. The molecule has 0 aromatic carbocycles. The number of unbranched alkanes of at least 4 members (excludes halogenated alkanes) is 13. The average Bonchev–Trinajstić information content (AvgIpc) is 3.02. The van der Waals surface area contributed by atoms with Gasteiger partial charge in [0.05, 0.1) is 25.4 Å². The fourth-order valence-electron chi connectivity index (χ4n) is 5.36. The van der Waals surface area contributed by atoms with Gasteiger partial charge in [0.15, 0.2) is 6.29 Å². The van der Waals surface area contributed by atoms with Crippen LogP contribution in [0.25, 0.3) is 0 Å². The number of hydrogen-bond acceptors (Lipinski definition) is 8. The van der Waals surface area contributed by atoms with E-state index in [0.29, 0.717) is 12.8 Å². The lowest BCUT2D eigenvalue weighted by molar-refractivity contribution is -0.302. The second kappa shape index (κ2) is 26.8. The molecule has 1 aliphatic heterocycles. The van der Waals surface area contributed by atoms with Crippen LogP contribution in [0, 0.1) is 0 Å². The van der Waals surface area contributed by atoms with Crippen LogP contribution in [-0.2, 0) is 14.3 Å². The predicted molar refractivity (Wildman–Crippen MR) is 175 cm³/mol. The minimum Gasteiger partial charge on any atom is -0.394 e. The molecule has 1 saturated heterocycles.